The van der Waals surface area contributed by atoms with E-state index in [9.17, 15) is 18.4 Å². The van der Waals surface area contributed by atoms with E-state index in [0.29, 0.717) is 47.5 Å². The predicted molar refractivity (Wildman–Crippen MR) is 113 cm³/mol. The van der Waals surface area contributed by atoms with Gasteiger partial charge >= 0.3 is 0 Å². The number of Topliss-reactive ketones (excluding diaryl/α,β-unsaturated/α-hetero) is 2. The van der Waals surface area contributed by atoms with Crippen LogP contribution in [0.5, 0.6) is 0 Å². The van der Waals surface area contributed by atoms with Gasteiger partial charge < -0.3 is 0 Å². The highest BCUT2D eigenvalue weighted by Gasteiger charge is 2.27. The Balaban J connectivity index is 0.00000352. The molecule has 0 aromatic carbocycles. The zero-order valence-electron chi connectivity index (χ0n) is 18.5. The normalized spacial score (nSPS) is 16.1. The summed E-state index contributed by atoms with van der Waals surface area (Å²) in [6.07, 6.45) is 5.84. The van der Waals surface area contributed by atoms with Crippen molar-refractivity contribution in [3.8, 4) is 0 Å². The van der Waals surface area contributed by atoms with E-state index < -0.39 is 6.08 Å². The van der Waals surface area contributed by atoms with Crippen molar-refractivity contribution in [3.05, 3.63) is 46.1 Å². The molecule has 0 saturated carbocycles. The SMILES string of the molecule is CC.CC1=C(C)C(=O)C(CCC(C)CC/C=C(\C)CCC=C(F)F)=C(C)C1=O. The van der Waals surface area contributed by atoms with Crippen molar-refractivity contribution in [2.45, 2.75) is 87.0 Å². The largest absolute Gasteiger partial charge is 0.289 e. The first-order chi connectivity index (χ1) is 13.1. The molecule has 1 atom stereocenters. The van der Waals surface area contributed by atoms with Crippen molar-refractivity contribution in [3.63, 3.8) is 0 Å². The molecular weight excluding hydrogens is 358 g/mol. The molecule has 0 radical (unpaired) electrons. The van der Waals surface area contributed by atoms with Gasteiger partial charge in [-0.25, -0.2) is 0 Å². The van der Waals surface area contributed by atoms with Crippen LogP contribution in [0.3, 0.4) is 0 Å². The Hall–Kier alpha value is -1.84. The molecule has 0 bridgehead atoms. The first-order valence-electron chi connectivity index (χ1n) is 10.3. The van der Waals surface area contributed by atoms with Crippen molar-refractivity contribution >= 4 is 11.6 Å². The standard InChI is InChI=1S/C22H30F2O2.C2H6/c1-14(10-7-11-20(23)24)8-6-9-15(2)12-13-19-18(5)21(25)16(3)17(4)22(19)26;1-2/h8,11,15H,6-7,9-10,12-13H2,1-5H3;1-2H3/b14-8+;. The van der Waals surface area contributed by atoms with Crippen LogP contribution in [0.1, 0.15) is 87.0 Å². The highest BCUT2D eigenvalue weighted by molar-refractivity contribution is 6.24. The second-order valence-corrected chi connectivity index (χ2v) is 7.32. The van der Waals surface area contributed by atoms with Crippen LogP contribution in [-0.2, 0) is 9.59 Å². The number of hydrogen-bond acceptors (Lipinski definition) is 2. The van der Waals surface area contributed by atoms with E-state index in [1.807, 2.05) is 20.8 Å². The van der Waals surface area contributed by atoms with Gasteiger partial charge in [-0.15, -0.1) is 0 Å². The highest BCUT2D eigenvalue weighted by Crippen LogP contribution is 2.28. The summed E-state index contributed by atoms with van der Waals surface area (Å²) in [5, 5.41) is 0. The van der Waals surface area contributed by atoms with Gasteiger partial charge in [0, 0.05) is 22.3 Å². The molecule has 0 spiro atoms. The van der Waals surface area contributed by atoms with Crippen LogP contribution < -0.4 is 0 Å². The fraction of sp³-hybridized carbons (Fsp3) is 0.583. The summed E-state index contributed by atoms with van der Waals surface area (Å²) >= 11 is 0. The van der Waals surface area contributed by atoms with E-state index in [4.69, 9.17) is 0 Å². The number of halogens is 2. The third kappa shape index (κ3) is 8.45. The van der Waals surface area contributed by atoms with Crippen LogP contribution in [-0.4, -0.2) is 11.6 Å². The minimum atomic E-state index is -1.62. The maximum absolute atomic E-state index is 12.4. The fourth-order valence-electron chi connectivity index (χ4n) is 3.12. The van der Waals surface area contributed by atoms with E-state index in [1.54, 1.807) is 20.8 Å². The Morgan fingerprint density at radius 2 is 1.46 bits per heavy atom. The summed E-state index contributed by atoms with van der Waals surface area (Å²) in [5.41, 5.74) is 3.51. The summed E-state index contributed by atoms with van der Waals surface area (Å²) in [6, 6.07) is 0. The molecule has 1 aliphatic carbocycles. The zero-order chi connectivity index (χ0) is 21.9. The third-order valence-electron chi connectivity index (χ3n) is 5.19. The molecule has 0 aromatic heterocycles. The summed E-state index contributed by atoms with van der Waals surface area (Å²) < 4.78 is 24.0. The summed E-state index contributed by atoms with van der Waals surface area (Å²) in [7, 11) is 0. The van der Waals surface area contributed by atoms with Gasteiger partial charge in [-0.2, -0.15) is 8.78 Å². The lowest BCUT2D eigenvalue weighted by atomic mass is 9.82. The predicted octanol–water partition coefficient (Wildman–Crippen LogP) is 7.52. The van der Waals surface area contributed by atoms with Crippen molar-refractivity contribution in [1.29, 1.82) is 0 Å². The monoisotopic (exact) mass is 394 g/mol. The minimum absolute atomic E-state index is 0.00990. The Bertz CT molecular complexity index is 675. The van der Waals surface area contributed by atoms with Gasteiger partial charge in [0.05, 0.1) is 0 Å². The summed E-state index contributed by atoms with van der Waals surface area (Å²) in [5.74, 6) is 0.426. The third-order valence-corrected chi connectivity index (χ3v) is 5.19. The molecule has 2 nitrogen and oxygen atoms in total. The van der Waals surface area contributed by atoms with Crippen molar-refractivity contribution in [2.24, 2.45) is 5.92 Å². The lowest BCUT2D eigenvalue weighted by Crippen LogP contribution is -2.21. The Kier molecular flexibility index (Phi) is 12.5. The van der Waals surface area contributed by atoms with Crippen molar-refractivity contribution in [2.75, 3.05) is 0 Å². The highest BCUT2D eigenvalue weighted by atomic mass is 19.3. The molecular formula is C24H36F2O2. The van der Waals surface area contributed by atoms with Crippen LogP contribution in [0.2, 0.25) is 0 Å². The van der Waals surface area contributed by atoms with Crippen LogP contribution in [0.15, 0.2) is 46.1 Å². The van der Waals surface area contributed by atoms with Crippen LogP contribution >= 0.6 is 0 Å². The molecule has 28 heavy (non-hydrogen) atoms. The number of rotatable bonds is 9. The van der Waals surface area contributed by atoms with Crippen LogP contribution in [0.4, 0.5) is 8.78 Å². The first kappa shape index (κ1) is 26.2. The van der Waals surface area contributed by atoms with Gasteiger partial charge in [-0.05, 0) is 78.2 Å². The molecule has 1 unspecified atom stereocenters. The van der Waals surface area contributed by atoms with Gasteiger partial charge in [0.15, 0.2) is 11.6 Å². The Morgan fingerprint density at radius 1 is 0.893 bits per heavy atom. The van der Waals surface area contributed by atoms with Crippen LogP contribution in [0, 0.1) is 5.92 Å². The number of carbonyl (C=O) groups is 2. The van der Waals surface area contributed by atoms with Gasteiger partial charge in [0.2, 0.25) is 0 Å². The molecule has 0 saturated heterocycles. The number of ketones is 2. The lowest BCUT2D eigenvalue weighted by Gasteiger charge is -2.20. The summed E-state index contributed by atoms with van der Waals surface area (Å²) in [6.45, 7) is 13.3. The average Bonchev–Trinajstić information content (AvgIpc) is 2.66. The minimum Gasteiger partial charge on any atom is -0.289 e. The van der Waals surface area contributed by atoms with Gasteiger partial charge in [0.1, 0.15) is 0 Å². The smallest absolute Gasteiger partial charge is 0.266 e. The molecule has 0 N–H and O–H groups in total. The van der Waals surface area contributed by atoms with Gasteiger partial charge in [-0.1, -0.05) is 32.4 Å². The second-order valence-electron chi connectivity index (χ2n) is 7.32. The number of allylic oxidation sites excluding steroid dienone is 7. The molecule has 0 fully saturated rings. The molecule has 1 rings (SSSR count). The molecule has 0 amide bonds. The second kappa shape index (κ2) is 13.4. The van der Waals surface area contributed by atoms with Crippen molar-refractivity contribution < 1.29 is 18.4 Å². The Labute approximate surface area is 169 Å². The molecule has 0 heterocycles. The molecule has 0 aliphatic heterocycles. The van der Waals surface area contributed by atoms with E-state index in [0.717, 1.165) is 30.9 Å². The number of carbonyl (C=O) groups excluding carboxylic acids is 2. The molecule has 4 heteroatoms. The zero-order valence-corrected chi connectivity index (χ0v) is 18.5. The van der Waals surface area contributed by atoms with E-state index in [-0.39, 0.29) is 11.6 Å². The quantitative estimate of drug-likeness (QED) is 0.299. The molecule has 158 valence electrons. The Morgan fingerprint density at radius 3 is 2.04 bits per heavy atom. The van der Waals surface area contributed by atoms with Crippen molar-refractivity contribution in [1.82, 2.24) is 0 Å². The number of hydrogen-bond donors (Lipinski definition) is 0. The lowest BCUT2D eigenvalue weighted by molar-refractivity contribution is -0.116. The van der Waals surface area contributed by atoms with E-state index in [2.05, 4.69) is 13.0 Å². The van der Waals surface area contributed by atoms with Gasteiger partial charge in [-0.3, -0.25) is 9.59 Å². The van der Waals surface area contributed by atoms with E-state index in [1.165, 1.54) is 0 Å². The van der Waals surface area contributed by atoms with E-state index >= 15 is 0 Å². The maximum Gasteiger partial charge on any atom is 0.266 e. The molecule has 1 aliphatic rings. The van der Waals surface area contributed by atoms with Crippen LogP contribution in [0.25, 0.3) is 0 Å². The topological polar surface area (TPSA) is 34.1 Å². The van der Waals surface area contributed by atoms with Gasteiger partial charge in [0.25, 0.3) is 6.08 Å². The fourth-order valence-corrected chi connectivity index (χ4v) is 3.12. The maximum atomic E-state index is 12.4. The molecule has 0 aromatic rings. The first-order valence-corrected chi connectivity index (χ1v) is 10.3. The summed E-state index contributed by atoms with van der Waals surface area (Å²) in [4.78, 5) is 24.6. The average molecular weight is 395 g/mol.